The summed E-state index contributed by atoms with van der Waals surface area (Å²) in [5.74, 6) is 0.556. The number of hydrogen-bond donors (Lipinski definition) is 0. The molecule has 1 rings (SSSR count). The molecule has 2 atom stereocenters. The monoisotopic (exact) mass is 302 g/mol. The molecule has 0 bridgehead atoms. The second-order valence-electron chi connectivity index (χ2n) is 6.53. The van der Waals surface area contributed by atoms with Crippen LogP contribution in [0.5, 0.6) is 0 Å². The quantitative estimate of drug-likeness (QED) is 0.422. The molecule has 124 valence electrons. The van der Waals surface area contributed by atoms with Crippen LogP contribution in [0.15, 0.2) is 42.0 Å². The van der Waals surface area contributed by atoms with Crippen molar-refractivity contribution in [2.24, 2.45) is 5.92 Å². The third kappa shape index (κ3) is 7.79. The molecule has 0 radical (unpaired) electrons. The lowest BCUT2D eigenvalue weighted by molar-refractivity contribution is 0.00409. The van der Waals surface area contributed by atoms with Gasteiger partial charge in [0.05, 0.1) is 12.7 Å². The van der Waals surface area contributed by atoms with Crippen LogP contribution in [-0.2, 0) is 11.3 Å². The first-order valence-electron chi connectivity index (χ1n) is 8.97. The fourth-order valence-corrected chi connectivity index (χ4v) is 2.85. The van der Waals surface area contributed by atoms with Crippen molar-refractivity contribution in [2.45, 2.75) is 78.9 Å². The Labute approximate surface area is 137 Å². The summed E-state index contributed by atoms with van der Waals surface area (Å²) in [6.07, 6.45) is 10.2. The fraction of sp³-hybridized carbons (Fsp3) is 0.619. The highest BCUT2D eigenvalue weighted by Gasteiger charge is 2.19. The van der Waals surface area contributed by atoms with Crippen molar-refractivity contribution in [3.05, 3.63) is 47.5 Å². The van der Waals surface area contributed by atoms with Crippen LogP contribution in [-0.4, -0.2) is 6.10 Å². The molecule has 0 aromatic heterocycles. The van der Waals surface area contributed by atoms with Crippen LogP contribution in [0.3, 0.4) is 0 Å². The molecule has 1 aromatic rings. The van der Waals surface area contributed by atoms with Gasteiger partial charge in [-0.05, 0) is 32.3 Å². The second-order valence-corrected chi connectivity index (χ2v) is 6.53. The van der Waals surface area contributed by atoms with E-state index in [1.54, 1.807) is 0 Å². The highest BCUT2D eigenvalue weighted by atomic mass is 16.5. The van der Waals surface area contributed by atoms with Crippen molar-refractivity contribution < 1.29 is 4.74 Å². The Bertz CT molecular complexity index is 403. The Balaban J connectivity index is 2.71. The molecule has 0 spiro atoms. The van der Waals surface area contributed by atoms with Crippen LogP contribution in [0, 0.1) is 5.92 Å². The molecule has 0 aliphatic heterocycles. The van der Waals surface area contributed by atoms with Gasteiger partial charge >= 0.3 is 0 Å². The van der Waals surface area contributed by atoms with E-state index >= 15 is 0 Å². The molecule has 0 unspecified atom stereocenters. The van der Waals surface area contributed by atoms with Gasteiger partial charge in [0.25, 0.3) is 0 Å². The minimum atomic E-state index is 0.349. The Morgan fingerprint density at radius 2 is 1.64 bits per heavy atom. The molecule has 0 fully saturated rings. The summed E-state index contributed by atoms with van der Waals surface area (Å²) in [6, 6.07) is 10.5. The minimum absolute atomic E-state index is 0.349. The first kappa shape index (κ1) is 19.0. The third-order valence-electron chi connectivity index (χ3n) is 4.07. The van der Waals surface area contributed by atoms with Crippen LogP contribution in [0.4, 0.5) is 0 Å². The molecule has 22 heavy (non-hydrogen) atoms. The van der Waals surface area contributed by atoms with Crippen molar-refractivity contribution in [3.63, 3.8) is 0 Å². The van der Waals surface area contributed by atoms with Gasteiger partial charge in [0.15, 0.2) is 0 Å². The Morgan fingerprint density at radius 1 is 1.00 bits per heavy atom. The molecule has 0 heterocycles. The molecular formula is C21H34O. The Kier molecular flexibility index (Phi) is 9.90. The SMILES string of the molecule is CCCC[C@@H](C=C(C)C)[C@H](CCCC)OCc1ccccc1. The number of hydrogen-bond acceptors (Lipinski definition) is 1. The van der Waals surface area contributed by atoms with Crippen LogP contribution in [0.25, 0.3) is 0 Å². The number of unbranched alkanes of at least 4 members (excludes halogenated alkanes) is 2. The van der Waals surface area contributed by atoms with E-state index in [0.29, 0.717) is 12.0 Å². The highest BCUT2D eigenvalue weighted by Crippen LogP contribution is 2.24. The molecule has 0 saturated heterocycles. The van der Waals surface area contributed by atoms with E-state index < -0.39 is 0 Å². The zero-order chi connectivity index (χ0) is 16.2. The number of rotatable bonds is 11. The molecule has 1 nitrogen and oxygen atoms in total. The predicted octanol–water partition coefficient (Wildman–Crippen LogP) is 6.53. The minimum Gasteiger partial charge on any atom is -0.373 e. The summed E-state index contributed by atoms with van der Waals surface area (Å²) in [7, 11) is 0. The summed E-state index contributed by atoms with van der Waals surface area (Å²) >= 11 is 0. The van der Waals surface area contributed by atoms with E-state index in [9.17, 15) is 0 Å². The largest absolute Gasteiger partial charge is 0.373 e. The van der Waals surface area contributed by atoms with Crippen LogP contribution >= 0.6 is 0 Å². The first-order valence-corrected chi connectivity index (χ1v) is 8.97. The summed E-state index contributed by atoms with van der Waals surface area (Å²) < 4.78 is 6.35. The lowest BCUT2D eigenvalue weighted by atomic mass is 9.90. The maximum absolute atomic E-state index is 6.35. The lowest BCUT2D eigenvalue weighted by Gasteiger charge is -2.26. The van der Waals surface area contributed by atoms with Gasteiger partial charge in [-0.2, -0.15) is 0 Å². The van der Waals surface area contributed by atoms with E-state index in [4.69, 9.17) is 4.74 Å². The topological polar surface area (TPSA) is 9.23 Å². The van der Waals surface area contributed by atoms with Gasteiger partial charge in [-0.1, -0.05) is 81.5 Å². The Morgan fingerprint density at radius 3 is 2.23 bits per heavy atom. The van der Waals surface area contributed by atoms with Crippen molar-refractivity contribution in [2.75, 3.05) is 0 Å². The number of allylic oxidation sites excluding steroid dienone is 1. The van der Waals surface area contributed by atoms with E-state index in [1.165, 1.54) is 49.7 Å². The van der Waals surface area contributed by atoms with Crippen molar-refractivity contribution >= 4 is 0 Å². The molecule has 0 amide bonds. The maximum Gasteiger partial charge on any atom is 0.0720 e. The molecular weight excluding hydrogens is 268 g/mol. The average molecular weight is 303 g/mol. The summed E-state index contributed by atoms with van der Waals surface area (Å²) in [5, 5.41) is 0. The van der Waals surface area contributed by atoms with Crippen molar-refractivity contribution in [1.29, 1.82) is 0 Å². The lowest BCUT2D eigenvalue weighted by Crippen LogP contribution is -2.23. The highest BCUT2D eigenvalue weighted by molar-refractivity contribution is 5.13. The fourth-order valence-electron chi connectivity index (χ4n) is 2.85. The van der Waals surface area contributed by atoms with Crippen LogP contribution in [0.2, 0.25) is 0 Å². The van der Waals surface area contributed by atoms with Gasteiger partial charge in [0, 0.05) is 5.92 Å². The van der Waals surface area contributed by atoms with Gasteiger partial charge in [0.1, 0.15) is 0 Å². The molecule has 1 aromatic carbocycles. The van der Waals surface area contributed by atoms with E-state index in [2.05, 4.69) is 64.1 Å². The van der Waals surface area contributed by atoms with Gasteiger partial charge in [-0.15, -0.1) is 0 Å². The molecule has 0 aliphatic carbocycles. The van der Waals surface area contributed by atoms with Gasteiger partial charge in [-0.25, -0.2) is 0 Å². The number of benzene rings is 1. The predicted molar refractivity (Wildman–Crippen MR) is 97.0 cm³/mol. The standard InChI is InChI=1S/C21H34O/c1-5-7-14-20(16-18(3)4)21(15-8-6-2)22-17-19-12-10-9-11-13-19/h9-13,16,20-21H,5-8,14-15,17H2,1-4H3/t20-,21-/m0/s1. The van der Waals surface area contributed by atoms with E-state index in [0.717, 1.165) is 6.61 Å². The van der Waals surface area contributed by atoms with Crippen molar-refractivity contribution in [3.8, 4) is 0 Å². The van der Waals surface area contributed by atoms with Crippen molar-refractivity contribution in [1.82, 2.24) is 0 Å². The van der Waals surface area contributed by atoms with Gasteiger partial charge in [-0.3, -0.25) is 0 Å². The normalized spacial score (nSPS) is 13.6. The smallest absolute Gasteiger partial charge is 0.0720 e. The zero-order valence-corrected chi connectivity index (χ0v) is 15.0. The average Bonchev–Trinajstić information content (AvgIpc) is 2.52. The summed E-state index contributed by atoms with van der Waals surface area (Å²) in [5.41, 5.74) is 2.68. The molecule has 0 N–H and O–H groups in total. The van der Waals surface area contributed by atoms with Gasteiger partial charge in [0.2, 0.25) is 0 Å². The van der Waals surface area contributed by atoms with Crippen LogP contribution in [0.1, 0.15) is 71.8 Å². The van der Waals surface area contributed by atoms with Crippen LogP contribution < -0.4 is 0 Å². The van der Waals surface area contributed by atoms with E-state index in [-0.39, 0.29) is 0 Å². The van der Waals surface area contributed by atoms with E-state index in [1.807, 2.05) is 0 Å². The summed E-state index contributed by atoms with van der Waals surface area (Å²) in [4.78, 5) is 0. The van der Waals surface area contributed by atoms with Gasteiger partial charge < -0.3 is 4.74 Å². The Hall–Kier alpha value is -1.08. The maximum atomic E-state index is 6.35. The molecule has 0 saturated carbocycles. The zero-order valence-electron chi connectivity index (χ0n) is 15.0. The second kappa shape index (κ2) is 11.5. The first-order chi connectivity index (χ1) is 10.7. The molecule has 0 aliphatic rings. The number of ether oxygens (including phenoxy) is 1. The third-order valence-corrected chi connectivity index (χ3v) is 4.07. The molecule has 1 heteroatoms. The summed E-state index contributed by atoms with van der Waals surface area (Å²) in [6.45, 7) is 9.66.